The van der Waals surface area contributed by atoms with Gasteiger partial charge in [-0.3, -0.25) is 9.69 Å². The summed E-state index contributed by atoms with van der Waals surface area (Å²) in [5.74, 6) is -0.693. The zero-order chi connectivity index (χ0) is 9.14. The normalized spacial score (nSPS) is 30.8. The fourth-order valence-corrected chi connectivity index (χ4v) is 1.91. The molecule has 2 atom stereocenters. The molecule has 0 bridgehead atoms. The molecule has 1 aliphatic rings. The number of likely N-dealkylation sites (tertiary alicyclic amines) is 1. The number of nitrogens with zero attached hydrogens (tertiary/aromatic N) is 1. The third kappa shape index (κ3) is 2.21. The van der Waals surface area contributed by atoms with E-state index in [1.54, 1.807) is 0 Å². The first-order valence-electron chi connectivity index (χ1n) is 4.59. The SMILES string of the molecule is CC1CCC(C)N1CCC(=O)O. The Morgan fingerprint density at radius 1 is 1.42 bits per heavy atom. The van der Waals surface area contributed by atoms with Crippen LogP contribution in [0.2, 0.25) is 0 Å². The van der Waals surface area contributed by atoms with Crippen LogP contribution in [0, 0.1) is 0 Å². The molecule has 0 amide bonds. The van der Waals surface area contributed by atoms with Crippen LogP contribution >= 0.6 is 0 Å². The molecule has 1 aliphatic heterocycles. The quantitative estimate of drug-likeness (QED) is 0.696. The van der Waals surface area contributed by atoms with E-state index in [2.05, 4.69) is 18.7 Å². The standard InChI is InChI=1S/C9H17NO2/c1-7-3-4-8(2)10(7)6-5-9(11)12/h7-8H,3-6H2,1-2H3,(H,11,12). The summed E-state index contributed by atoms with van der Waals surface area (Å²) in [4.78, 5) is 12.6. The van der Waals surface area contributed by atoms with Crippen molar-refractivity contribution < 1.29 is 9.90 Å². The molecule has 2 unspecified atom stereocenters. The summed E-state index contributed by atoms with van der Waals surface area (Å²) < 4.78 is 0. The van der Waals surface area contributed by atoms with E-state index in [1.807, 2.05) is 0 Å². The van der Waals surface area contributed by atoms with Gasteiger partial charge in [0.25, 0.3) is 0 Å². The van der Waals surface area contributed by atoms with Crippen molar-refractivity contribution in [2.45, 2.75) is 45.2 Å². The summed E-state index contributed by atoms with van der Waals surface area (Å²) in [6.07, 6.45) is 2.69. The van der Waals surface area contributed by atoms with Gasteiger partial charge >= 0.3 is 5.97 Å². The van der Waals surface area contributed by atoms with Gasteiger partial charge in [-0.1, -0.05) is 0 Å². The van der Waals surface area contributed by atoms with E-state index in [4.69, 9.17) is 5.11 Å². The lowest BCUT2D eigenvalue weighted by Gasteiger charge is -2.24. The summed E-state index contributed by atoms with van der Waals surface area (Å²) in [5, 5.41) is 8.52. The van der Waals surface area contributed by atoms with E-state index in [0.717, 1.165) is 0 Å². The maximum atomic E-state index is 10.3. The average Bonchev–Trinajstić information content (AvgIpc) is 2.28. The molecule has 0 radical (unpaired) electrons. The zero-order valence-corrected chi connectivity index (χ0v) is 7.79. The second kappa shape index (κ2) is 3.90. The van der Waals surface area contributed by atoms with Crippen molar-refractivity contribution >= 4 is 5.97 Å². The number of carboxylic acids is 1. The summed E-state index contributed by atoms with van der Waals surface area (Å²) in [5.41, 5.74) is 0. The van der Waals surface area contributed by atoms with Crippen LogP contribution in [0.1, 0.15) is 33.1 Å². The first kappa shape index (κ1) is 9.52. The lowest BCUT2D eigenvalue weighted by Crippen LogP contribution is -2.34. The van der Waals surface area contributed by atoms with E-state index < -0.39 is 5.97 Å². The minimum atomic E-state index is -0.693. The lowest BCUT2D eigenvalue weighted by atomic mass is 10.2. The van der Waals surface area contributed by atoms with Gasteiger partial charge in [0.2, 0.25) is 0 Å². The molecule has 1 fully saturated rings. The van der Waals surface area contributed by atoms with E-state index >= 15 is 0 Å². The van der Waals surface area contributed by atoms with Gasteiger partial charge in [0.05, 0.1) is 6.42 Å². The maximum absolute atomic E-state index is 10.3. The Morgan fingerprint density at radius 3 is 2.33 bits per heavy atom. The lowest BCUT2D eigenvalue weighted by molar-refractivity contribution is -0.137. The third-order valence-electron chi connectivity index (χ3n) is 2.72. The Kier molecular flexibility index (Phi) is 3.09. The highest BCUT2D eigenvalue weighted by Gasteiger charge is 2.26. The third-order valence-corrected chi connectivity index (χ3v) is 2.72. The molecule has 0 aromatic carbocycles. The van der Waals surface area contributed by atoms with Crippen LogP contribution in [-0.2, 0) is 4.79 Å². The number of rotatable bonds is 3. The van der Waals surface area contributed by atoms with Crippen molar-refractivity contribution in [1.29, 1.82) is 0 Å². The molecule has 3 heteroatoms. The molecule has 0 aromatic heterocycles. The van der Waals surface area contributed by atoms with Gasteiger partial charge in [-0.2, -0.15) is 0 Å². The summed E-state index contributed by atoms with van der Waals surface area (Å²) in [6.45, 7) is 5.05. The molecule has 0 spiro atoms. The molecule has 0 aromatic rings. The smallest absolute Gasteiger partial charge is 0.304 e. The number of hydrogen-bond acceptors (Lipinski definition) is 2. The van der Waals surface area contributed by atoms with Crippen LogP contribution < -0.4 is 0 Å². The van der Waals surface area contributed by atoms with E-state index in [-0.39, 0.29) is 6.42 Å². The fourth-order valence-electron chi connectivity index (χ4n) is 1.91. The molecule has 1 saturated heterocycles. The largest absolute Gasteiger partial charge is 0.481 e. The van der Waals surface area contributed by atoms with Crippen molar-refractivity contribution in [3.05, 3.63) is 0 Å². The average molecular weight is 171 g/mol. The molecule has 0 aliphatic carbocycles. The molecule has 1 N–H and O–H groups in total. The van der Waals surface area contributed by atoms with Crippen LogP contribution in [0.15, 0.2) is 0 Å². The Labute approximate surface area is 73.4 Å². The van der Waals surface area contributed by atoms with E-state index in [9.17, 15) is 4.79 Å². The van der Waals surface area contributed by atoms with Crippen LogP contribution in [0.25, 0.3) is 0 Å². The van der Waals surface area contributed by atoms with Crippen molar-refractivity contribution in [3.8, 4) is 0 Å². The topological polar surface area (TPSA) is 40.5 Å². The van der Waals surface area contributed by atoms with Crippen LogP contribution in [0.5, 0.6) is 0 Å². The monoisotopic (exact) mass is 171 g/mol. The molecule has 1 heterocycles. The van der Waals surface area contributed by atoms with Crippen molar-refractivity contribution in [3.63, 3.8) is 0 Å². The second-order valence-electron chi connectivity index (χ2n) is 3.66. The number of carboxylic acid groups (broad SMARTS) is 1. The van der Waals surface area contributed by atoms with Gasteiger partial charge in [-0.15, -0.1) is 0 Å². The number of carbonyl (C=O) groups is 1. The highest BCUT2D eigenvalue weighted by Crippen LogP contribution is 2.22. The first-order chi connectivity index (χ1) is 5.61. The second-order valence-corrected chi connectivity index (χ2v) is 3.66. The van der Waals surface area contributed by atoms with Gasteiger partial charge in [0.15, 0.2) is 0 Å². The first-order valence-corrected chi connectivity index (χ1v) is 4.59. The molecule has 12 heavy (non-hydrogen) atoms. The van der Waals surface area contributed by atoms with Crippen LogP contribution in [0.4, 0.5) is 0 Å². The molecule has 3 nitrogen and oxygen atoms in total. The minimum absolute atomic E-state index is 0.272. The van der Waals surface area contributed by atoms with E-state index in [1.165, 1.54) is 12.8 Å². The highest BCUT2D eigenvalue weighted by atomic mass is 16.4. The van der Waals surface area contributed by atoms with Crippen molar-refractivity contribution in [2.75, 3.05) is 6.54 Å². The van der Waals surface area contributed by atoms with Gasteiger partial charge in [0, 0.05) is 18.6 Å². The number of aliphatic carboxylic acids is 1. The Morgan fingerprint density at radius 2 is 1.92 bits per heavy atom. The van der Waals surface area contributed by atoms with Gasteiger partial charge < -0.3 is 5.11 Å². The molecule has 1 rings (SSSR count). The fraction of sp³-hybridized carbons (Fsp3) is 0.889. The molecular weight excluding hydrogens is 154 g/mol. The van der Waals surface area contributed by atoms with Crippen molar-refractivity contribution in [2.24, 2.45) is 0 Å². The Bertz CT molecular complexity index is 160. The molecular formula is C9H17NO2. The van der Waals surface area contributed by atoms with Gasteiger partial charge in [0.1, 0.15) is 0 Å². The summed E-state index contributed by atoms with van der Waals surface area (Å²) in [6, 6.07) is 1.14. The van der Waals surface area contributed by atoms with Gasteiger partial charge in [-0.25, -0.2) is 0 Å². The highest BCUT2D eigenvalue weighted by molar-refractivity contribution is 5.66. The Balaban J connectivity index is 2.34. The molecule has 0 saturated carbocycles. The maximum Gasteiger partial charge on any atom is 0.304 e. The minimum Gasteiger partial charge on any atom is -0.481 e. The van der Waals surface area contributed by atoms with Gasteiger partial charge in [-0.05, 0) is 26.7 Å². The number of hydrogen-bond donors (Lipinski definition) is 1. The van der Waals surface area contributed by atoms with Crippen LogP contribution in [-0.4, -0.2) is 34.6 Å². The zero-order valence-electron chi connectivity index (χ0n) is 7.79. The van der Waals surface area contributed by atoms with E-state index in [0.29, 0.717) is 18.6 Å². The Hall–Kier alpha value is -0.570. The van der Waals surface area contributed by atoms with Crippen LogP contribution in [0.3, 0.4) is 0 Å². The molecule has 70 valence electrons. The van der Waals surface area contributed by atoms with Crippen molar-refractivity contribution in [1.82, 2.24) is 4.90 Å². The summed E-state index contributed by atoms with van der Waals surface area (Å²) in [7, 11) is 0. The predicted octanol–water partition coefficient (Wildman–Crippen LogP) is 1.33. The predicted molar refractivity (Wildman–Crippen MR) is 47.1 cm³/mol. The summed E-state index contributed by atoms with van der Waals surface area (Å²) >= 11 is 0.